The van der Waals surface area contributed by atoms with E-state index in [1.54, 1.807) is 5.56 Å². The molecule has 3 rings (SSSR count). The third kappa shape index (κ3) is 4.35. The summed E-state index contributed by atoms with van der Waals surface area (Å²) in [5.41, 5.74) is 1.58. The van der Waals surface area contributed by atoms with Gasteiger partial charge in [0.15, 0.2) is 0 Å². The molecule has 2 aliphatic rings. The van der Waals surface area contributed by atoms with E-state index in [0.29, 0.717) is 6.04 Å². The molecular weight excluding hydrogens is 311 g/mol. The van der Waals surface area contributed by atoms with E-state index in [9.17, 15) is 0 Å². The van der Waals surface area contributed by atoms with Gasteiger partial charge in [0.1, 0.15) is 0 Å². The van der Waals surface area contributed by atoms with Crippen LogP contribution in [-0.4, -0.2) is 31.1 Å². The van der Waals surface area contributed by atoms with E-state index in [1.807, 2.05) is 11.3 Å². The lowest BCUT2D eigenvalue weighted by Gasteiger charge is -2.40. The van der Waals surface area contributed by atoms with Crippen molar-refractivity contribution in [3.05, 3.63) is 22.4 Å². The zero-order valence-electron chi connectivity index (χ0n) is 11.9. The monoisotopic (exact) mass is 336 g/mol. The maximum Gasteiger partial charge on any atom is 0.0385 e. The Morgan fingerprint density at radius 1 is 1.10 bits per heavy atom. The third-order valence-electron chi connectivity index (χ3n) is 4.53. The lowest BCUT2D eigenvalue weighted by Crippen LogP contribution is -2.47. The topological polar surface area (TPSA) is 15.3 Å². The van der Waals surface area contributed by atoms with Crippen molar-refractivity contribution in [3.8, 4) is 0 Å². The Morgan fingerprint density at radius 3 is 2.40 bits per heavy atom. The summed E-state index contributed by atoms with van der Waals surface area (Å²) in [6.45, 7) is 4.76. The molecule has 2 fully saturated rings. The Hall–Kier alpha value is 0.200. The van der Waals surface area contributed by atoms with Gasteiger partial charge in [-0.05, 0) is 41.1 Å². The van der Waals surface area contributed by atoms with Crippen LogP contribution >= 0.6 is 36.2 Å². The Labute approximate surface area is 139 Å². The first kappa shape index (κ1) is 18.2. The van der Waals surface area contributed by atoms with E-state index in [2.05, 4.69) is 27.0 Å². The van der Waals surface area contributed by atoms with Crippen LogP contribution in [0, 0.1) is 5.92 Å². The number of nitrogens with zero attached hydrogens (tertiary/aromatic N) is 1. The molecule has 5 heteroatoms. The van der Waals surface area contributed by atoms with Crippen LogP contribution in [0.25, 0.3) is 0 Å². The average Bonchev–Trinajstić information content (AvgIpc) is 2.95. The molecule has 1 N–H and O–H groups in total. The van der Waals surface area contributed by atoms with E-state index in [0.717, 1.165) is 19.0 Å². The van der Waals surface area contributed by atoms with Crippen molar-refractivity contribution in [3.63, 3.8) is 0 Å². The molecule has 0 bridgehead atoms. The lowest BCUT2D eigenvalue weighted by atomic mass is 9.81. The molecule has 20 heavy (non-hydrogen) atoms. The molecule has 0 radical (unpaired) electrons. The molecule has 1 aromatic rings. The second kappa shape index (κ2) is 9.26. The van der Waals surface area contributed by atoms with Gasteiger partial charge in [-0.25, -0.2) is 0 Å². The normalized spacial score (nSPS) is 22.6. The van der Waals surface area contributed by atoms with Crippen molar-refractivity contribution in [1.29, 1.82) is 0 Å². The quantitative estimate of drug-likeness (QED) is 0.893. The van der Waals surface area contributed by atoms with Crippen molar-refractivity contribution in [2.45, 2.75) is 38.1 Å². The summed E-state index contributed by atoms with van der Waals surface area (Å²) >= 11 is 1.85. The first-order valence-corrected chi connectivity index (χ1v) is 8.36. The first-order valence-electron chi connectivity index (χ1n) is 7.42. The molecule has 116 valence electrons. The Morgan fingerprint density at radius 2 is 1.80 bits per heavy atom. The largest absolute Gasteiger partial charge is 0.314 e. The predicted molar refractivity (Wildman–Crippen MR) is 92.6 cm³/mol. The van der Waals surface area contributed by atoms with E-state index >= 15 is 0 Å². The van der Waals surface area contributed by atoms with Gasteiger partial charge in [-0.2, -0.15) is 11.3 Å². The Kier molecular flexibility index (Phi) is 8.45. The lowest BCUT2D eigenvalue weighted by molar-refractivity contribution is 0.104. The summed E-state index contributed by atoms with van der Waals surface area (Å²) in [4.78, 5) is 2.73. The number of halogens is 2. The number of nitrogens with one attached hydrogen (secondary N) is 1. The van der Waals surface area contributed by atoms with Crippen LogP contribution in [0.1, 0.15) is 43.7 Å². The molecule has 1 aliphatic carbocycles. The molecule has 2 heterocycles. The average molecular weight is 337 g/mol. The summed E-state index contributed by atoms with van der Waals surface area (Å²) in [5, 5.41) is 8.10. The van der Waals surface area contributed by atoms with Crippen LogP contribution in [0.3, 0.4) is 0 Å². The SMILES string of the molecule is Cl.Cl.c1cc([C@H](C2CCCCC2)N2CCNCC2)cs1. The zero-order chi connectivity index (χ0) is 12.2. The van der Waals surface area contributed by atoms with Crippen molar-refractivity contribution in [1.82, 2.24) is 10.2 Å². The smallest absolute Gasteiger partial charge is 0.0385 e. The zero-order valence-corrected chi connectivity index (χ0v) is 14.4. The molecule has 0 spiro atoms. The third-order valence-corrected chi connectivity index (χ3v) is 5.23. The van der Waals surface area contributed by atoms with Crippen LogP contribution in [0.4, 0.5) is 0 Å². The fraction of sp³-hybridized carbons (Fsp3) is 0.733. The molecule has 1 saturated heterocycles. The molecular formula is C15H26Cl2N2S. The number of hydrogen-bond donors (Lipinski definition) is 1. The second-order valence-electron chi connectivity index (χ2n) is 5.69. The summed E-state index contributed by atoms with van der Waals surface area (Å²) in [6.07, 6.45) is 7.21. The van der Waals surface area contributed by atoms with Crippen LogP contribution in [0.2, 0.25) is 0 Å². The number of rotatable bonds is 3. The standard InChI is InChI=1S/C15H24N2S.2ClH/c1-2-4-13(5-3-1)15(14-6-11-18-12-14)17-9-7-16-8-10-17;;/h6,11-13,15-16H,1-5,7-10H2;2*1H/t15-;;/m0../s1. The molecule has 0 unspecified atom stereocenters. The van der Waals surface area contributed by atoms with Gasteiger partial charge < -0.3 is 5.32 Å². The Bertz CT molecular complexity index is 329. The van der Waals surface area contributed by atoms with Gasteiger partial charge in [0.25, 0.3) is 0 Å². The van der Waals surface area contributed by atoms with Crippen LogP contribution < -0.4 is 5.32 Å². The molecule has 2 nitrogen and oxygen atoms in total. The minimum absolute atomic E-state index is 0. The van der Waals surface area contributed by atoms with Gasteiger partial charge in [0.2, 0.25) is 0 Å². The summed E-state index contributed by atoms with van der Waals surface area (Å²) in [7, 11) is 0. The van der Waals surface area contributed by atoms with Gasteiger partial charge in [-0.3, -0.25) is 4.90 Å². The van der Waals surface area contributed by atoms with Crippen LogP contribution in [0.15, 0.2) is 16.8 Å². The maximum atomic E-state index is 3.48. The van der Waals surface area contributed by atoms with Gasteiger partial charge in [0, 0.05) is 32.2 Å². The summed E-state index contributed by atoms with van der Waals surface area (Å²) in [6, 6.07) is 3.05. The van der Waals surface area contributed by atoms with Crippen molar-refractivity contribution >= 4 is 36.2 Å². The molecule has 0 aromatic carbocycles. The predicted octanol–water partition coefficient (Wildman–Crippen LogP) is 4.12. The number of hydrogen-bond acceptors (Lipinski definition) is 3. The fourth-order valence-corrected chi connectivity index (χ4v) is 4.32. The maximum absolute atomic E-state index is 3.48. The van der Waals surface area contributed by atoms with E-state index < -0.39 is 0 Å². The van der Waals surface area contributed by atoms with Gasteiger partial charge >= 0.3 is 0 Å². The van der Waals surface area contributed by atoms with Gasteiger partial charge in [-0.1, -0.05) is 19.3 Å². The minimum Gasteiger partial charge on any atom is -0.314 e. The highest BCUT2D eigenvalue weighted by Gasteiger charge is 2.30. The second-order valence-corrected chi connectivity index (χ2v) is 6.47. The van der Waals surface area contributed by atoms with Gasteiger partial charge in [-0.15, -0.1) is 24.8 Å². The number of piperazine rings is 1. The molecule has 0 amide bonds. The molecule has 1 saturated carbocycles. The summed E-state index contributed by atoms with van der Waals surface area (Å²) < 4.78 is 0. The van der Waals surface area contributed by atoms with E-state index in [4.69, 9.17) is 0 Å². The van der Waals surface area contributed by atoms with Crippen LogP contribution in [-0.2, 0) is 0 Å². The highest BCUT2D eigenvalue weighted by atomic mass is 35.5. The van der Waals surface area contributed by atoms with Gasteiger partial charge in [0.05, 0.1) is 0 Å². The Balaban J connectivity index is 0.000001000. The summed E-state index contributed by atoms with van der Waals surface area (Å²) in [5.74, 6) is 0.895. The van der Waals surface area contributed by atoms with Crippen LogP contribution in [0.5, 0.6) is 0 Å². The van der Waals surface area contributed by atoms with Crippen molar-refractivity contribution < 1.29 is 0 Å². The number of thiophene rings is 1. The minimum atomic E-state index is 0. The molecule has 1 aliphatic heterocycles. The van der Waals surface area contributed by atoms with E-state index in [-0.39, 0.29) is 24.8 Å². The van der Waals surface area contributed by atoms with Crippen molar-refractivity contribution in [2.75, 3.05) is 26.2 Å². The fourth-order valence-electron chi connectivity index (χ4n) is 3.63. The molecule has 1 aromatic heterocycles. The molecule has 1 atom stereocenters. The van der Waals surface area contributed by atoms with Crippen molar-refractivity contribution in [2.24, 2.45) is 5.92 Å². The highest BCUT2D eigenvalue weighted by molar-refractivity contribution is 7.07. The van der Waals surface area contributed by atoms with E-state index in [1.165, 1.54) is 45.2 Å². The highest BCUT2D eigenvalue weighted by Crippen LogP contribution is 2.39. The first-order chi connectivity index (χ1) is 8.95.